The van der Waals surface area contributed by atoms with Crippen molar-refractivity contribution >= 4 is 35.1 Å². The molecule has 8 nitrogen and oxygen atoms in total. The summed E-state index contributed by atoms with van der Waals surface area (Å²) in [7, 11) is 0. The second-order valence-electron chi connectivity index (χ2n) is 11.0. The summed E-state index contributed by atoms with van der Waals surface area (Å²) in [6, 6.07) is 3.55. The van der Waals surface area contributed by atoms with Gasteiger partial charge in [0.25, 0.3) is 5.91 Å². The Labute approximate surface area is 203 Å². The molecule has 34 heavy (non-hydrogen) atoms. The van der Waals surface area contributed by atoms with E-state index in [9.17, 15) is 14.4 Å². The number of amides is 3. The molecule has 2 fully saturated rings. The first-order valence-corrected chi connectivity index (χ1v) is 12.2. The van der Waals surface area contributed by atoms with Crippen molar-refractivity contribution in [3.05, 3.63) is 34.7 Å². The zero-order valence-corrected chi connectivity index (χ0v) is 20.2. The van der Waals surface area contributed by atoms with E-state index >= 15 is 0 Å². The van der Waals surface area contributed by atoms with Crippen molar-refractivity contribution in [2.45, 2.75) is 52.5 Å². The molecule has 1 aliphatic heterocycles. The Morgan fingerprint density at radius 1 is 1.06 bits per heavy atom. The van der Waals surface area contributed by atoms with Crippen LogP contribution >= 0.6 is 11.6 Å². The molecule has 2 aliphatic carbocycles. The molecule has 2 aromatic rings. The number of nitrogens with zero attached hydrogens (tertiary/aromatic N) is 2. The van der Waals surface area contributed by atoms with Gasteiger partial charge < -0.3 is 21.4 Å². The Morgan fingerprint density at radius 2 is 1.71 bits per heavy atom. The predicted octanol–water partition coefficient (Wildman–Crippen LogP) is 3.36. The van der Waals surface area contributed by atoms with E-state index in [4.69, 9.17) is 23.1 Å². The first-order valence-electron chi connectivity index (χ1n) is 11.8. The first kappa shape index (κ1) is 22.9. The minimum atomic E-state index is -0.478. The van der Waals surface area contributed by atoms with Gasteiger partial charge in [0.05, 0.1) is 5.02 Å². The Kier molecular flexibility index (Phi) is 5.47. The molecule has 9 heteroatoms. The Bertz CT molecular complexity index is 1190. The molecule has 0 aromatic carbocycles. The molecule has 180 valence electrons. The van der Waals surface area contributed by atoms with Gasteiger partial charge in [-0.15, -0.1) is 0 Å². The van der Waals surface area contributed by atoms with Crippen LogP contribution in [0.4, 0.5) is 5.82 Å². The van der Waals surface area contributed by atoms with E-state index in [0.29, 0.717) is 40.5 Å². The van der Waals surface area contributed by atoms with Gasteiger partial charge in [0.2, 0.25) is 11.8 Å². The fraction of sp³-hybridized carbons (Fsp3) is 0.520. The van der Waals surface area contributed by atoms with Crippen LogP contribution in [0.2, 0.25) is 5.02 Å². The molecule has 0 bridgehead atoms. The predicted molar refractivity (Wildman–Crippen MR) is 129 cm³/mol. The number of halogens is 1. The standard InChI is InChI=1S/C25H30ClN5O3/c1-25(2)9-20-17(7-19(23(28)33)31(20)11-25)16-8-21(29-10-18(16)26)30-24(34)15-5-12-3-14(22(27)32)4-13(12)6-15/h7-8,10,12-15H,3-6,9,11H2,1-2H3,(H2,27,32)(H2,28,33)(H,29,30,34)/t12-,13+,14-,15-. The highest BCUT2D eigenvalue weighted by atomic mass is 35.5. The van der Waals surface area contributed by atoms with E-state index in [0.717, 1.165) is 43.4 Å². The molecule has 4 atom stereocenters. The van der Waals surface area contributed by atoms with Crippen molar-refractivity contribution in [1.29, 1.82) is 0 Å². The van der Waals surface area contributed by atoms with Crippen molar-refractivity contribution in [3.63, 3.8) is 0 Å². The number of rotatable bonds is 5. The molecule has 3 heterocycles. The van der Waals surface area contributed by atoms with Crippen LogP contribution in [0.25, 0.3) is 11.1 Å². The van der Waals surface area contributed by atoms with E-state index in [1.807, 2.05) is 4.57 Å². The molecule has 5 N–H and O–H groups in total. The van der Waals surface area contributed by atoms with Gasteiger partial charge >= 0.3 is 0 Å². The largest absolute Gasteiger partial charge is 0.369 e. The number of anilines is 1. The summed E-state index contributed by atoms with van der Waals surface area (Å²) in [5.41, 5.74) is 14.1. The average molecular weight is 484 g/mol. The van der Waals surface area contributed by atoms with Gasteiger partial charge in [-0.05, 0) is 61.5 Å². The number of aromatic nitrogens is 2. The molecular weight excluding hydrogens is 454 g/mol. The normalized spacial score (nSPS) is 26.8. The maximum atomic E-state index is 13.0. The van der Waals surface area contributed by atoms with E-state index in [1.165, 1.54) is 6.20 Å². The summed E-state index contributed by atoms with van der Waals surface area (Å²) in [4.78, 5) is 40.9. The summed E-state index contributed by atoms with van der Waals surface area (Å²) in [6.45, 7) is 5.00. The lowest BCUT2D eigenvalue weighted by molar-refractivity contribution is -0.121. The third kappa shape index (κ3) is 3.98. The summed E-state index contributed by atoms with van der Waals surface area (Å²) in [6.07, 6.45) is 5.42. The minimum absolute atomic E-state index is 0.000155. The maximum absolute atomic E-state index is 13.0. The second kappa shape index (κ2) is 8.12. The molecule has 0 unspecified atom stereocenters. The van der Waals surface area contributed by atoms with Gasteiger partial charge in [-0.2, -0.15) is 0 Å². The van der Waals surface area contributed by atoms with Crippen LogP contribution in [0, 0.1) is 29.1 Å². The van der Waals surface area contributed by atoms with Crippen molar-refractivity contribution < 1.29 is 14.4 Å². The van der Waals surface area contributed by atoms with Crippen LogP contribution in [0.1, 0.15) is 55.7 Å². The topological polar surface area (TPSA) is 133 Å². The zero-order chi connectivity index (χ0) is 24.4. The smallest absolute Gasteiger partial charge is 0.265 e. The van der Waals surface area contributed by atoms with Crippen LogP contribution < -0.4 is 16.8 Å². The molecule has 0 radical (unpaired) electrons. The number of hydrogen-bond donors (Lipinski definition) is 3. The Morgan fingerprint density at radius 3 is 2.32 bits per heavy atom. The third-order valence-electron chi connectivity index (χ3n) is 7.88. The lowest BCUT2D eigenvalue weighted by atomic mass is 9.89. The molecule has 5 rings (SSSR count). The summed E-state index contributed by atoms with van der Waals surface area (Å²) in [5, 5.41) is 3.40. The molecule has 0 spiro atoms. The van der Waals surface area contributed by atoms with E-state index in [2.05, 4.69) is 24.1 Å². The quantitative estimate of drug-likeness (QED) is 0.601. The molecule has 2 saturated carbocycles. The van der Waals surface area contributed by atoms with Gasteiger partial charge in [0.1, 0.15) is 11.5 Å². The average Bonchev–Trinajstić information content (AvgIpc) is 3.46. The Balaban J connectivity index is 1.36. The van der Waals surface area contributed by atoms with Crippen molar-refractivity contribution in [2.75, 3.05) is 5.32 Å². The van der Waals surface area contributed by atoms with E-state index in [1.54, 1.807) is 12.1 Å². The van der Waals surface area contributed by atoms with Crippen molar-refractivity contribution in [2.24, 2.45) is 40.6 Å². The summed E-state index contributed by atoms with van der Waals surface area (Å²) in [5.74, 6) is 0.247. The van der Waals surface area contributed by atoms with Gasteiger partial charge in [-0.1, -0.05) is 25.4 Å². The minimum Gasteiger partial charge on any atom is -0.369 e. The highest BCUT2D eigenvalue weighted by Crippen LogP contribution is 2.49. The van der Waals surface area contributed by atoms with Crippen LogP contribution in [0.5, 0.6) is 0 Å². The summed E-state index contributed by atoms with van der Waals surface area (Å²) >= 11 is 6.52. The molecule has 3 aliphatic rings. The van der Waals surface area contributed by atoms with Crippen molar-refractivity contribution in [3.8, 4) is 11.1 Å². The fourth-order valence-corrected chi connectivity index (χ4v) is 6.54. The number of nitrogens with two attached hydrogens (primary N) is 2. The third-order valence-corrected chi connectivity index (χ3v) is 8.18. The van der Waals surface area contributed by atoms with Crippen LogP contribution in [0.15, 0.2) is 18.3 Å². The molecule has 0 saturated heterocycles. The van der Waals surface area contributed by atoms with E-state index in [-0.39, 0.29) is 29.1 Å². The van der Waals surface area contributed by atoms with E-state index < -0.39 is 5.91 Å². The fourth-order valence-electron chi connectivity index (χ4n) is 6.34. The first-order chi connectivity index (χ1) is 16.0. The number of primary amides is 2. The second-order valence-corrected chi connectivity index (χ2v) is 11.4. The van der Waals surface area contributed by atoms with Gasteiger partial charge in [-0.3, -0.25) is 14.4 Å². The highest BCUT2D eigenvalue weighted by Gasteiger charge is 2.45. The Hall–Kier alpha value is -2.87. The van der Waals surface area contributed by atoms with Gasteiger partial charge in [-0.25, -0.2) is 4.98 Å². The van der Waals surface area contributed by atoms with Crippen molar-refractivity contribution in [1.82, 2.24) is 9.55 Å². The van der Waals surface area contributed by atoms with Gasteiger partial charge in [0.15, 0.2) is 0 Å². The number of carbonyl (C=O) groups is 3. The maximum Gasteiger partial charge on any atom is 0.265 e. The number of fused-ring (bicyclic) bond motifs is 2. The molecular formula is C25H30ClN5O3. The lowest BCUT2D eigenvalue weighted by Gasteiger charge is -2.16. The number of carbonyl (C=O) groups excluding carboxylic acids is 3. The number of hydrogen-bond acceptors (Lipinski definition) is 4. The van der Waals surface area contributed by atoms with Crippen LogP contribution in [0.3, 0.4) is 0 Å². The zero-order valence-electron chi connectivity index (χ0n) is 19.4. The highest BCUT2D eigenvalue weighted by molar-refractivity contribution is 6.33. The molecule has 2 aromatic heterocycles. The number of pyridine rings is 1. The molecule has 3 amide bonds. The lowest BCUT2D eigenvalue weighted by Crippen LogP contribution is -2.24. The van der Waals surface area contributed by atoms with Gasteiger partial charge in [0, 0.05) is 41.4 Å². The monoisotopic (exact) mass is 483 g/mol. The van der Waals surface area contributed by atoms with Crippen LogP contribution in [-0.4, -0.2) is 27.3 Å². The van der Waals surface area contributed by atoms with Crippen LogP contribution in [-0.2, 0) is 22.6 Å². The summed E-state index contributed by atoms with van der Waals surface area (Å²) < 4.78 is 1.98. The number of nitrogens with one attached hydrogen (secondary N) is 1. The SMILES string of the molecule is CC1(C)Cc2c(-c3cc(NC(=O)[C@@H]4C[C@H]5C[C@@H](C(N)=O)C[C@H]5C4)ncc3Cl)cc(C(N)=O)n2C1.